The Morgan fingerprint density at radius 1 is 1.33 bits per heavy atom. The summed E-state index contributed by atoms with van der Waals surface area (Å²) >= 11 is 0. The average molecular weight is 342 g/mol. The Morgan fingerprint density at radius 2 is 1.96 bits per heavy atom. The van der Waals surface area contributed by atoms with Crippen LogP contribution >= 0.6 is 0 Å². The second-order valence-electron chi connectivity index (χ2n) is 5.30. The predicted octanol–water partition coefficient (Wildman–Crippen LogP) is -1.08. The van der Waals surface area contributed by atoms with E-state index >= 15 is 0 Å². The Balaban J connectivity index is 2.19. The molecule has 24 heavy (non-hydrogen) atoms. The van der Waals surface area contributed by atoms with Crippen LogP contribution in [-0.4, -0.2) is 63.4 Å². The number of carbonyl (C=O) groups is 1. The van der Waals surface area contributed by atoms with E-state index in [1.807, 2.05) is 0 Å². The third-order valence-electron chi connectivity index (χ3n) is 3.55. The van der Waals surface area contributed by atoms with Gasteiger partial charge >= 0.3 is 0 Å². The van der Waals surface area contributed by atoms with E-state index in [9.17, 15) is 30.2 Å². The number of aliphatic hydroxyl groups excluding tert-OH is 3. The van der Waals surface area contributed by atoms with Gasteiger partial charge in [0, 0.05) is 19.1 Å². The quantitative estimate of drug-likeness (QED) is 0.389. The van der Waals surface area contributed by atoms with Gasteiger partial charge in [-0.2, -0.15) is 0 Å². The van der Waals surface area contributed by atoms with Gasteiger partial charge in [0.15, 0.2) is 0 Å². The van der Waals surface area contributed by atoms with Crippen LogP contribution in [0, 0.1) is 10.1 Å². The van der Waals surface area contributed by atoms with E-state index in [2.05, 4.69) is 5.32 Å². The Bertz CT molecular complexity index is 593. The van der Waals surface area contributed by atoms with Crippen LogP contribution in [0.5, 0.6) is 5.75 Å². The maximum atomic E-state index is 11.3. The lowest BCUT2D eigenvalue weighted by Gasteiger charge is -2.42. The monoisotopic (exact) mass is 342 g/mol. The number of hydrogen-bond acceptors (Lipinski definition) is 8. The summed E-state index contributed by atoms with van der Waals surface area (Å²) in [5, 5.41) is 42.3. The molecule has 1 fully saturated rings. The maximum absolute atomic E-state index is 11.3. The SMILES string of the molecule is CC(=O)N[C@H]1[C@H](Oc2ccc([N+](=O)[O-])cc2)O[C@H](CO)[C@@H](O)[C@H]1O. The van der Waals surface area contributed by atoms with Crippen LogP contribution in [0.25, 0.3) is 0 Å². The van der Waals surface area contributed by atoms with E-state index in [1.54, 1.807) is 0 Å². The molecule has 1 aromatic rings. The van der Waals surface area contributed by atoms with Crippen molar-refractivity contribution in [2.75, 3.05) is 6.61 Å². The van der Waals surface area contributed by atoms with Crippen molar-refractivity contribution in [2.45, 2.75) is 37.6 Å². The largest absolute Gasteiger partial charge is 0.463 e. The molecule has 0 spiro atoms. The first kappa shape index (κ1) is 18.1. The summed E-state index contributed by atoms with van der Waals surface area (Å²) in [6.07, 6.45) is -5.15. The molecule has 1 saturated heterocycles. The second kappa shape index (κ2) is 7.53. The summed E-state index contributed by atoms with van der Waals surface area (Å²) in [5.74, 6) is -0.282. The molecule has 4 N–H and O–H groups in total. The number of aliphatic hydroxyl groups is 3. The molecule has 2 rings (SSSR count). The highest BCUT2D eigenvalue weighted by Gasteiger charge is 2.46. The highest BCUT2D eigenvalue weighted by atomic mass is 16.7. The van der Waals surface area contributed by atoms with Crippen LogP contribution in [0.1, 0.15) is 6.92 Å². The van der Waals surface area contributed by atoms with Crippen LogP contribution in [0.2, 0.25) is 0 Å². The molecule has 10 heteroatoms. The molecular weight excluding hydrogens is 324 g/mol. The van der Waals surface area contributed by atoms with Gasteiger partial charge in [-0.05, 0) is 12.1 Å². The number of amides is 1. The van der Waals surface area contributed by atoms with Gasteiger partial charge in [0.05, 0.1) is 11.5 Å². The van der Waals surface area contributed by atoms with Gasteiger partial charge in [0.1, 0.15) is 30.1 Å². The van der Waals surface area contributed by atoms with E-state index < -0.39 is 48.1 Å². The van der Waals surface area contributed by atoms with E-state index in [0.717, 1.165) is 0 Å². The maximum Gasteiger partial charge on any atom is 0.269 e. The van der Waals surface area contributed by atoms with Crippen molar-refractivity contribution in [3.8, 4) is 5.75 Å². The summed E-state index contributed by atoms with van der Waals surface area (Å²) in [5.41, 5.74) is -0.131. The molecule has 1 aliphatic rings. The molecule has 1 aliphatic heterocycles. The van der Waals surface area contributed by atoms with Gasteiger partial charge < -0.3 is 30.1 Å². The Hall–Kier alpha value is -2.27. The molecule has 10 nitrogen and oxygen atoms in total. The van der Waals surface area contributed by atoms with Crippen molar-refractivity contribution in [2.24, 2.45) is 0 Å². The summed E-state index contributed by atoms with van der Waals surface area (Å²) in [6, 6.07) is 4.02. The molecule has 1 amide bonds. The minimum atomic E-state index is -1.43. The zero-order valence-electron chi connectivity index (χ0n) is 12.7. The van der Waals surface area contributed by atoms with Crippen molar-refractivity contribution in [3.63, 3.8) is 0 Å². The molecule has 0 aliphatic carbocycles. The van der Waals surface area contributed by atoms with Crippen LogP contribution in [-0.2, 0) is 9.53 Å². The number of nitro groups is 1. The smallest absolute Gasteiger partial charge is 0.269 e. The lowest BCUT2D eigenvalue weighted by Crippen LogP contribution is -2.65. The fourth-order valence-electron chi connectivity index (χ4n) is 2.35. The van der Waals surface area contributed by atoms with Crippen molar-refractivity contribution in [1.82, 2.24) is 5.32 Å². The number of ether oxygens (including phenoxy) is 2. The molecule has 1 heterocycles. The first-order valence-corrected chi connectivity index (χ1v) is 7.14. The Morgan fingerprint density at radius 3 is 2.46 bits per heavy atom. The standard InChI is InChI=1S/C14H18N2O8/c1-7(18)15-11-13(20)12(19)10(6-17)24-14(11)23-9-4-2-8(3-5-9)16(21)22/h2-5,10-14,17,19-20H,6H2,1H3,(H,15,18)/t10-,11-,12-,13+,14-/m1/s1. The molecule has 132 valence electrons. The summed E-state index contributed by atoms with van der Waals surface area (Å²) in [6.45, 7) is 0.658. The summed E-state index contributed by atoms with van der Waals surface area (Å²) in [7, 11) is 0. The number of hydrogen-bond donors (Lipinski definition) is 4. The molecule has 0 aromatic heterocycles. The fraction of sp³-hybridized carbons (Fsp3) is 0.500. The molecular formula is C14H18N2O8. The molecule has 0 saturated carbocycles. The number of benzene rings is 1. The summed E-state index contributed by atoms with van der Waals surface area (Å²) < 4.78 is 10.9. The number of nitrogens with one attached hydrogen (secondary N) is 1. The van der Waals surface area contributed by atoms with Crippen molar-refractivity contribution >= 4 is 11.6 Å². The predicted molar refractivity (Wildman–Crippen MR) is 79.1 cm³/mol. The molecule has 0 radical (unpaired) electrons. The topological polar surface area (TPSA) is 151 Å². The number of carbonyl (C=O) groups excluding carboxylic acids is 1. The zero-order valence-corrected chi connectivity index (χ0v) is 12.7. The van der Waals surface area contributed by atoms with Crippen LogP contribution in [0.3, 0.4) is 0 Å². The first-order valence-electron chi connectivity index (χ1n) is 7.14. The normalized spacial score (nSPS) is 29.8. The number of nitrogens with zero attached hydrogens (tertiary/aromatic N) is 1. The van der Waals surface area contributed by atoms with Crippen molar-refractivity contribution in [3.05, 3.63) is 34.4 Å². The van der Waals surface area contributed by atoms with E-state index in [-0.39, 0.29) is 11.4 Å². The molecule has 1 aromatic carbocycles. The minimum Gasteiger partial charge on any atom is -0.463 e. The fourth-order valence-corrected chi connectivity index (χ4v) is 2.35. The Kier molecular flexibility index (Phi) is 5.67. The van der Waals surface area contributed by atoms with Gasteiger partial charge in [-0.1, -0.05) is 0 Å². The zero-order chi connectivity index (χ0) is 17.9. The third kappa shape index (κ3) is 3.97. The van der Waals surface area contributed by atoms with E-state index in [4.69, 9.17) is 9.47 Å². The highest BCUT2D eigenvalue weighted by molar-refractivity contribution is 5.73. The third-order valence-corrected chi connectivity index (χ3v) is 3.55. The molecule has 5 atom stereocenters. The lowest BCUT2D eigenvalue weighted by molar-refractivity contribution is -0.384. The van der Waals surface area contributed by atoms with Gasteiger partial charge in [-0.25, -0.2) is 0 Å². The molecule has 0 unspecified atom stereocenters. The minimum absolute atomic E-state index is 0.131. The number of nitro benzene ring substituents is 1. The van der Waals surface area contributed by atoms with E-state index in [0.29, 0.717) is 0 Å². The van der Waals surface area contributed by atoms with Crippen LogP contribution in [0.15, 0.2) is 24.3 Å². The average Bonchev–Trinajstić information content (AvgIpc) is 2.54. The number of rotatable bonds is 5. The Labute approximate surface area is 136 Å². The van der Waals surface area contributed by atoms with Crippen LogP contribution < -0.4 is 10.1 Å². The van der Waals surface area contributed by atoms with Crippen molar-refractivity contribution < 1.29 is 34.5 Å². The van der Waals surface area contributed by atoms with E-state index in [1.165, 1.54) is 31.2 Å². The van der Waals surface area contributed by atoms with Crippen LogP contribution in [0.4, 0.5) is 5.69 Å². The van der Waals surface area contributed by atoms with Crippen molar-refractivity contribution in [1.29, 1.82) is 0 Å². The van der Waals surface area contributed by atoms with Gasteiger partial charge in [-0.3, -0.25) is 14.9 Å². The van der Waals surface area contributed by atoms with Gasteiger partial charge in [0.25, 0.3) is 5.69 Å². The highest BCUT2D eigenvalue weighted by Crippen LogP contribution is 2.25. The van der Waals surface area contributed by atoms with Gasteiger partial charge in [0.2, 0.25) is 12.2 Å². The molecule has 0 bridgehead atoms. The van der Waals surface area contributed by atoms with Gasteiger partial charge in [-0.15, -0.1) is 0 Å². The number of non-ortho nitro benzene ring substituents is 1. The first-order chi connectivity index (χ1) is 11.3. The summed E-state index contributed by atoms with van der Waals surface area (Å²) in [4.78, 5) is 21.4. The second-order valence-corrected chi connectivity index (χ2v) is 5.30. The lowest BCUT2D eigenvalue weighted by atomic mass is 9.97.